The summed E-state index contributed by atoms with van der Waals surface area (Å²) >= 11 is 6.48. The van der Waals surface area contributed by atoms with E-state index in [1.807, 2.05) is 20.9 Å². The van der Waals surface area contributed by atoms with Gasteiger partial charge in [0.2, 0.25) is 5.91 Å². The summed E-state index contributed by atoms with van der Waals surface area (Å²) in [6, 6.07) is 0. The van der Waals surface area contributed by atoms with Crippen LogP contribution in [-0.2, 0) is 4.79 Å². The summed E-state index contributed by atoms with van der Waals surface area (Å²) in [6.45, 7) is 5.38. The largest absolute Gasteiger partial charge is 0.364 e. The van der Waals surface area contributed by atoms with Gasteiger partial charge in [-0.05, 0) is 12.8 Å². The van der Waals surface area contributed by atoms with Gasteiger partial charge in [0.05, 0.1) is 34.5 Å². The van der Waals surface area contributed by atoms with Crippen molar-refractivity contribution >= 4 is 45.6 Å². The smallest absolute Gasteiger partial charge is 0.226 e. The van der Waals surface area contributed by atoms with Crippen molar-refractivity contribution in [2.75, 3.05) is 30.4 Å². The van der Waals surface area contributed by atoms with Crippen LogP contribution in [0.1, 0.15) is 26.7 Å². The number of hydrogen-bond donors (Lipinski definition) is 2. The molecule has 2 aromatic heterocycles. The second-order valence-corrected chi connectivity index (χ2v) is 6.75. The summed E-state index contributed by atoms with van der Waals surface area (Å²) in [5.74, 6) is -0.129. The molecule has 3 rings (SSSR count). The minimum Gasteiger partial charge on any atom is -0.364 e. The van der Waals surface area contributed by atoms with Crippen LogP contribution in [0.15, 0.2) is 17.4 Å². The van der Waals surface area contributed by atoms with Crippen molar-refractivity contribution in [3.05, 3.63) is 17.4 Å². The molecule has 0 spiro atoms. The van der Waals surface area contributed by atoms with Crippen LogP contribution >= 0.6 is 11.6 Å². The van der Waals surface area contributed by atoms with Crippen LogP contribution < -0.4 is 10.2 Å². The monoisotopic (exact) mass is 347 g/mol. The minimum absolute atomic E-state index is 0.0312. The average molecular weight is 348 g/mol. The number of aromatic amines is 1. The Kier molecular flexibility index (Phi) is 4.76. The molecule has 1 amide bonds. The molecule has 0 aliphatic carbocycles. The molecule has 0 unspecified atom stereocenters. The fourth-order valence-electron chi connectivity index (χ4n) is 2.97. The Hall–Kier alpha value is -2.08. The molecule has 1 aliphatic rings. The predicted molar refractivity (Wildman–Crippen MR) is 99.4 cm³/mol. The van der Waals surface area contributed by atoms with Gasteiger partial charge in [0, 0.05) is 31.4 Å². The molecule has 24 heavy (non-hydrogen) atoms. The number of aliphatic imine (C=N–C) groups is 1. The van der Waals surface area contributed by atoms with E-state index in [1.165, 1.54) is 0 Å². The number of pyridine rings is 1. The molecule has 2 N–H and O–H groups in total. The number of anilines is 2. The summed E-state index contributed by atoms with van der Waals surface area (Å²) in [6.07, 6.45) is 5.48. The van der Waals surface area contributed by atoms with Crippen molar-refractivity contribution in [1.82, 2.24) is 9.97 Å². The molecule has 0 atom stereocenters. The molecule has 128 valence electrons. The number of nitrogens with zero attached hydrogens (tertiary/aromatic N) is 3. The van der Waals surface area contributed by atoms with Gasteiger partial charge in [0.1, 0.15) is 5.65 Å². The van der Waals surface area contributed by atoms with Crippen molar-refractivity contribution in [2.45, 2.75) is 26.7 Å². The van der Waals surface area contributed by atoms with Crippen LogP contribution in [0.25, 0.3) is 11.0 Å². The molecule has 0 radical (unpaired) electrons. The minimum atomic E-state index is -0.0978. The van der Waals surface area contributed by atoms with E-state index in [1.54, 1.807) is 12.4 Å². The van der Waals surface area contributed by atoms with Crippen molar-refractivity contribution in [3.63, 3.8) is 0 Å². The molecule has 6 nitrogen and oxygen atoms in total. The lowest BCUT2D eigenvalue weighted by atomic mass is 10.1. The Morgan fingerprint density at radius 1 is 1.50 bits per heavy atom. The number of piperidine rings is 1. The highest BCUT2D eigenvalue weighted by molar-refractivity contribution is 6.35. The normalized spacial score (nSPS) is 17.0. The highest BCUT2D eigenvalue weighted by Gasteiger charge is 2.23. The van der Waals surface area contributed by atoms with Gasteiger partial charge in [-0.25, -0.2) is 4.98 Å². The zero-order valence-electron chi connectivity index (χ0n) is 14.2. The first-order chi connectivity index (χ1) is 11.5. The Morgan fingerprint density at radius 2 is 2.29 bits per heavy atom. The number of H-pyrrole nitrogens is 1. The number of aromatic nitrogens is 2. The van der Waals surface area contributed by atoms with E-state index >= 15 is 0 Å². The van der Waals surface area contributed by atoms with Gasteiger partial charge < -0.3 is 15.2 Å². The van der Waals surface area contributed by atoms with Gasteiger partial charge >= 0.3 is 0 Å². The Balaban J connectivity index is 2.07. The Labute approximate surface area is 146 Å². The van der Waals surface area contributed by atoms with Crippen molar-refractivity contribution in [2.24, 2.45) is 10.9 Å². The topological polar surface area (TPSA) is 73.4 Å². The van der Waals surface area contributed by atoms with Crippen LogP contribution in [0.4, 0.5) is 11.4 Å². The zero-order valence-corrected chi connectivity index (χ0v) is 14.9. The van der Waals surface area contributed by atoms with Crippen molar-refractivity contribution < 1.29 is 4.79 Å². The van der Waals surface area contributed by atoms with Crippen LogP contribution in [0.2, 0.25) is 5.02 Å². The maximum atomic E-state index is 12.1. The van der Waals surface area contributed by atoms with Gasteiger partial charge in [0.15, 0.2) is 0 Å². The molecule has 1 aliphatic heterocycles. The van der Waals surface area contributed by atoms with Gasteiger partial charge in [-0.1, -0.05) is 25.4 Å². The van der Waals surface area contributed by atoms with Crippen molar-refractivity contribution in [3.8, 4) is 0 Å². The van der Waals surface area contributed by atoms with Crippen LogP contribution in [0.5, 0.6) is 0 Å². The molecule has 1 fully saturated rings. The third kappa shape index (κ3) is 3.11. The van der Waals surface area contributed by atoms with E-state index in [0.29, 0.717) is 16.4 Å². The number of hydrogen-bond acceptors (Lipinski definition) is 4. The first-order valence-corrected chi connectivity index (χ1v) is 8.55. The van der Waals surface area contributed by atoms with E-state index in [4.69, 9.17) is 11.6 Å². The quantitative estimate of drug-likeness (QED) is 0.892. The molecular formula is C17H22ClN5O. The van der Waals surface area contributed by atoms with E-state index in [0.717, 1.165) is 42.7 Å². The van der Waals surface area contributed by atoms with E-state index < -0.39 is 0 Å². The number of halogens is 1. The maximum absolute atomic E-state index is 12.1. The fraction of sp³-hybridized carbons (Fsp3) is 0.471. The molecular weight excluding hydrogens is 326 g/mol. The third-order valence-electron chi connectivity index (χ3n) is 4.31. The molecule has 0 aromatic carbocycles. The fourth-order valence-corrected chi connectivity index (χ4v) is 3.23. The lowest BCUT2D eigenvalue weighted by Gasteiger charge is -2.31. The van der Waals surface area contributed by atoms with Gasteiger partial charge in [-0.3, -0.25) is 9.79 Å². The second kappa shape index (κ2) is 6.81. The third-order valence-corrected chi connectivity index (χ3v) is 4.59. The predicted octanol–water partition coefficient (Wildman–Crippen LogP) is 3.48. The molecule has 1 saturated heterocycles. The lowest BCUT2D eigenvalue weighted by Crippen LogP contribution is -2.36. The number of carbonyl (C=O) groups is 1. The second-order valence-electron chi connectivity index (χ2n) is 6.34. The Bertz CT molecular complexity index is 796. The SMILES string of the molecule is CN=C1CCCN(c2c(Cl)cnc3[nH]cc(NC(=O)C(C)C)c23)C1. The van der Waals surface area contributed by atoms with E-state index in [2.05, 4.69) is 25.2 Å². The summed E-state index contributed by atoms with van der Waals surface area (Å²) in [4.78, 5) is 26.2. The zero-order chi connectivity index (χ0) is 17.3. The molecule has 3 heterocycles. The first-order valence-electron chi connectivity index (χ1n) is 8.17. The van der Waals surface area contributed by atoms with Crippen LogP contribution in [-0.4, -0.2) is 41.7 Å². The summed E-state index contributed by atoms with van der Waals surface area (Å²) < 4.78 is 0. The molecule has 0 saturated carbocycles. The van der Waals surface area contributed by atoms with Gasteiger partial charge in [-0.15, -0.1) is 0 Å². The number of amides is 1. The number of rotatable bonds is 3. The highest BCUT2D eigenvalue weighted by atomic mass is 35.5. The van der Waals surface area contributed by atoms with Gasteiger partial charge in [-0.2, -0.15) is 0 Å². The number of carbonyl (C=O) groups excluding carboxylic acids is 1. The van der Waals surface area contributed by atoms with Crippen LogP contribution in [0.3, 0.4) is 0 Å². The molecule has 0 bridgehead atoms. The summed E-state index contributed by atoms with van der Waals surface area (Å²) in [5.41, 5.74) is 3.50. The van der Waals surface area contributed by atoms with Crippen molar-refractivity contribution in [1.29, 1.82) is 0 Å². The standard InChI is InChI=1S/C17H22ClN5O/c1-10(2)17(24)22-13-8-21-16-14(13)15(12(18)7-20-16)23-6-4-5-11(9-23)19-3/h7-8,10H,4-6,9H2,1-3H3,(H,20,21)(H,22,24). The summed E-state index contributed by atoms with van der Waals surface area (Å²) in [7, 11) is 1.83. The average Bonchev–Trinajstić information content (AvgIpc) is 2.97. The van der Waals surface area contributed by atoms with Gasteiger partial charge in [0.25, 0.3) is 0 Å². The van der Waals surface area contributed by atoms with E-state index in [-0.39, 0.29) is 11.8 Å². The Morgan fingerprint density at radius 3 is 3.00 bits per heavy atom. The van der Waals surface area contributed by atoms with E-state index in [9.17, 15) is 4.79 Å². The number of fused-ring (bicyclic) bond motifs is 1. The maximum Gasteiger partial charge on any atom is 0.226 e. The highest BCUT2D eigenvalue weighted by Crippen LogP contribution is 2.38. The number of nitrogens with one attached hydrogen (secondary N) is 2. The first kappa shape index (κ1) is 16.8. The summed E-state index contributed by atoms with van der Waals surface area (Å²) in [5, 5.41) is 4.41. The molecule has 2 aromatic rings. The molecule has 7 heteroatoms. The lowest BCUT2D eigenvalue weighted by molar-refractivity contribution is -0.118. The van der Waals surface area contributed by atoms with Crippen LogP contribution in [0, 0.1) is 5.92 Å².